The first-order valence-electron chi connectivity index (χ1n) is 8.42. The maximum absolute atomic E-state index is 12.7. The fourth-order valence-electron chi connectivity index (χ4n) is 3.38. The molecule has 2 saturated heterocycles. The highest BCUT2D eigenvalue weighted by atomic mass is 35.5. The van der Waals surface area contributed by atoms with E-state index in [0.29, 0.717) is 54.9 Å². The number of halogens is 1. The molecule has 0 aromatic heterocycles. The van der Waals surface area contributed by atoms with E-state index in [1.165, 1.54) is 0 Å². The average Bonchev–Trinajstić information content (AvgIpc) is 3.32. The van der Waals surface area contributed by atoms with Crippen LogP contribution in [0, 0.1) is 0 Å². The molecule has 0 aliphatic carbocycles. The number of carbonyl (C=O) groups is 2. The molecular weight excluding hydrogens is 348 g/mol. The molecule has 0 spiro atoms. The van der Waals surface area contributed by atoms with Gasteiger partial charge in [-0.2, -0.15) is 0 Å². The largest absolute Gasteiger partial charge is 0.454 e. The number of benzene rings is 1. The van der Waals surface area contributed by atoms with Crippen molar-refractivity contribution in [2.75, 3.05) is 39.6 Å². The Kier molecular flexibility index (Phi) is 4.43. The second-order valence-corrected chi connectivity index (χ2v) is 6.72. The van der Waals surface area contributed by atoms with Crippen molar-refractivity contribution in [1.29, 1.82) is 0 Å². The fourth-order valence-corrected chi connectivity index (χ4v) is 3.64. The lowest BCUT2D eigenvalue weighted by Crippen LogP contribution is -2.52. The van der Waals surface area contributed by atoms with Crippen LogP contribution in [0.3, 0.4) is 0 Å². The van der Waals surface area contributed by atoms with E-state index >= 15 is 0 Å². The van der Waals surface area contributed by atoms with Gasteiger partial charge in [-0.1, -0.05) is 11.6 Å². The number of piperazine rings is 1. The van der Waals surface area contributed by atoms with Crippen LogP contribution < -0.4 is 9.47 Å². The molecule has 3 heterocycles. The highest BCUT2D eigenvalue weighted by molar-refractivity contribution is 6.32. The normalized spacial score (nSPS) is 22.4. The van der Waals surface area contributed by atoms with Crippen molar-refractivity contribution in [3.63, 3.8) is 0 Å². The number of amides is 2. The quantitative estimate of drug-likeness (QED) is 0.794. The van der Waals surface area contributed by atoms with Gasteiger partial charge in [0.2, 0.25) is 6.79 Å². The second kappa shape index (κ2) is 6.72. The van der Waals surface area contributed by atoms with Gasteiger partial charge in [0.15, 0.2) is 11.5 Å². The molecule has 2 fully saturated rings. The zero-order chi connectivity index (χ0) is 17.4. The summed E-state index contributed by atoms with van der Waals surface area (Å²) in [5.74, 6) is 0.883. The van der Waals surface area contributed by atoms with Gasteiger partial charge in [-0.3, -0.25) is 9.59 Å². The maximum atomic E-state index is 12.7. The molecule has 3 aliphatic heterocycles. The summed E-state index contributed by atoms with van der Waals surface area (Å²) in [5.41, 5.74) is 0.466. The summed E-state index contributed by atoms with van der Waals surface area (Å²) >= 11 is 6.15. The van der Waals surface area contributed by atoms with Gasteiger partial charge in [0, 0.05) is 38.3 Å². The van der Waals surface area contributed by atoms with Crippen LogP contribution in [0.4, 0.5) is 0 Å². The maximum Gasteiger partial charge on any atom is 0.254 e. The number of carbonyl (C=O) groups excluding carboxylic acids is 2. The topological polar surface area (TPSA) is 68.3 Å². The van der Waals surface area contributed by atoms with Gasteiger partial charge in [0.25, 0.3) is 11.8 Å². The molecule has 0 radical (unpaired) electrons. The van der Waals surface area contributed by atoms with E-state index in [2.05, 4.69) is 0 Å². The minimum Gasteiger partial charge on any atom is -0.454 e. The van der Waals surface area contributed by atoms with Gasteiger partial charge in [-0.25, -0.2) is 0 Å². The van der Waals surface area contributed by atoms with Gasteiger partial charge < -0.3 is 24.0 Å². The van der Waals surface area contributed by atoms with Gasteiger partial charge in [-0.15, -0.1) is 0 Å². The summed E-state index contributed by atoms with van der Waals surface area (Å²) in [5, 5.41) is 0.366. The van der Waals surface area contributed by atoms with Gasteiger partial charge >= 0.3 is 0 Å². The fraction of sp³-hybridized carbons (Fsp3) is 0.529. The summed E-state index contributed by atoms with van der Waals surface area (Å²) in [7, 11) is 0. The Balaban J connectivity index is 1.40. The number of rotatable bonds is 2. The van der Waals surface area contributed by atoms with E-state index in [1.54, 1.807) is 21.9 Å². The van der Waals surface area contributed by atoms with Crippen molar-refractivity contribution in [1.82, 2.24) is 9.80 Å². The van der Waals surface area contributed by atoms with Crippen LogP contribution in [0.5, 0.6) is 11.5 Å². The van der Waals surface area contributed by atoms with Crippen LogP contribution in [0.1, 0.15) is 23.2 Å². The lowest BCUT2D eigenvalue weighted by molar-refractivity contribution is -0.142. The summed E-state index contributed by atoms with van der Waals surface area (Å²) < 4.78 is 16.0. The van der Waals surface area contributed by atoms with E-state index in [1.807, 2.05) is 0 Å². The molecule has 0 unspecified atom stereocenters. The SMILES string of the molecule is O=C(c1cc(Cl)c2c(c1)OCO2)N1CCN(C(=O)[C@H]2CCCO2)CC1. The second-order valence-electron chi connectivity index (χ2n) is 6.31. The van der Waals surface area contributed by atoms with E-state index in [0.717, 1.165) is 12.8 Å². The molecule has 8 heteroatoms. The molecule has 1 aromatic rings. The van der Waals surface area contributed by atoms with Crippen molar-refractivity contribution in [3.05, 3.63) is 22.7 Å². The predicted octanol–water partition coefficient (Wildman–Crippen LogP) is 1.53. The average molecular weight is 367 g/mol. The summed E-state index contributed by atoms with van der Waals surface area (Å²) in [6.07, 6.45) is 1.41. The van der Waals surface area contributed by atoms with Gasteiger partial charge in [-0.05, 0) is 25.0 Å². The smallest absolute Gasteiger partial charge is 0.254 e. The molecule has 1 atom stereocenters. The Morgan fingerprint density at radius 1 is 1.08 bits per heavy atom. The van der Waals surface area contributed by atoms with Crippen molar-refractivity contribution < 1.29 is 23.8 Å². The first kappa shape index (κ1) is 16.5. The molecule has 0 saturated carbocycles. The van der Waals surface area contributed by atoms with Crippen molar-refractivity contribution in [2.45, 2.75) is 18.9 Å². The Morgan fingerprint density at radius 3 is 2.56 bits per heavy atom. The standard InChI is InChI=1S/C17H19ClN2O5/c18-12-8-11(9-14-15(12)25-10-24-14)16(21)19-3-5-20(6-4-19)17(22)13-2-1-7-23-13/h8-9,13H,1-7,10H2/t13-/m1/s1. The minimum absolute atomic E-state index is 0.0377. The third-order valence-electron chi connectivity index (χ3n) is 4.76. The van der Waals surface area contributed by atoms with Crippen LogP contribution in [0.25, 0.3) is 0 Å². The highest BCUT2D eigenvalue weighted by Crippen LogP contribution is 2.40. The van der Waals surface area contributed by atoms with E-state index in [4.69, 9.17) is 25.8 Å². The Morgan fingerprint density at radius 2 is 1.84 bits per heavy atom. The summed E-state index contributed by atoms with van der Waals surface area (Å²) in [4.78, 5) is 28.6. The Labute approximate surface area is 150 Å². The van der Waals surface area contributed by atoms with Gasteiger partial charge in [0.05, 0.1) is 5.02 Å². The number of hydrogen-bond acceptors (Lipinski definition) is 5. The first-order chi connectivity index (χ1) is 12.1. The molecule has 3 aliphatic rings. The van der Waals surface area contributed by atoms with E-state index in [9.17, 15) is 9.59 Å². The third kappa shape index (κ3) is 3.14. The van der Waals surface area contributed by atoms with Crippen LogP contribution >= 0.6 is 11.6 Å². The lowest BCUT2D eigenvalue weighted by Gasteiger charge is -2.35. The monoisotopic (exact) mass is 366 g/mol. The molecule has 0 bridgehead atoms. The Bertz CT molecular complexity index is 697. The molecule has 134 valence electrons. The Hall–Kier alpha value is -1.99. The van der Waals surface area contributed by atoms with Crippen molar-refractivity contribution in [2.24, 2.45) is 0 Å². The zero-order valence-electron chi connectivity index (χ0n) is 13.7. The van der Waals surface area contributed by atoms with E-state index < -0.39 is 0 Å². The zero-order valence-corrected chi connectivity index (χ0v) is 14.5. The number of hydrogen-bond donors (Lipinski definition) is 0. The number of fused-ring (bicyclic) bond motifs is 1. The molecule has 25 heavy (non-hydrogen) atoms. The highest BCUT2D eigenvalue weighted by Gasteiger charge is 2.32. The van der Waals surface area contributed by atoms with Gasteiger partial charge in [0.1, 0.15) is 6.10 Å². The number of nitrogens with zero attached hydrogens (tertiary/aromatic N) is 2. The molecule has 0 N–H and O–H groups in total. The van der Waals surface area contributed by atoms with Crippen LogP contribution in [-0.2, 0) is 9.53 Å². The van der Waals surface area contributed by atoms with E-state index in [-0.39, 0.29) is 24.7 Å². The molecular formula is C17H19ClN2O5. The molecule has 7 nitrogen and oxygen atoms in total. The third-order valence-corrected chi connectivity index (χ3v) is 5.04. The lowest BCUT2D eigenvalue weighted by atomic mass is 10.1. The van der Waals surface area contributed by atoms with Crippen LogP contribution in [-0.4, -0.2) is 67.3 Å². The summed E-state index contributed by atoms with van der Waals surface area (Å²) in [6.45, 7) is 2.77. The van der Waals surface area contributed by atoms with Crippen molar-refractivity contribution >= 4 is 23.4 Å². The molecule has 2 amide bonds. The minimum atomic E-state index is -0.310. The van der Waals surface area contributed by atoms with Crippen molar-refractivity contribution in [3.8, 4) is 11.5 Å². The predicted molar refractivity (Wildman–Crippen MR) is 89.0 cm³/mol. The molecule has 4 rings (SSSR count). The van der Waals surface area contributed by atoms with Crippen LogP contribution in [0.15, 0.2) is 12.1 Å². The summed E-state index contributed by atoms with van der Waals surface area (Å²) in [6, 6.07) is 3.25. The number of ether oxygens (including phenoxy) is 3. The molecule has 1 aromatic carbocycles. The first-order valence-corrected chi connectivity index (χ1v) is 8.80. The van der Waals surface area contributed by atoms with Crippen LogP contribution in [0.2, 0.25) is 5.02 Å².